The predicted molar refractivity (Wildman–Crippen MR) is 291 cm³/mol. The molecule has 1 saturated carbocycles. The van der Waals surface area contributed by atoms with Crippen LogP contribution in [0.15, 0.2) is 110 Å². The zero-order valence-electron chi connectivity index (χ0n) is 43.2. The number of nitrogens with zero attached hydrogens (tertiary/aromatic N) is 3. The molecular formula is C57H57N5O14. The van der Waals surface area contributed by atoms with Crippen LogP contribution in [0.4, 0.5) is 28.4 Å². The Labute approximate surface area is 435 Å². The van der Waals surface area contributed by atoms with E-state index in [2.05, 4.69) is 10.6 Å². The van der Waals surface area contributed by atoms with Gasteiger partial charge in [-0.15, -0.1) is 0 Å². The molecule has 1 fully saturated rings. The number of nitro groups is 2. The SMILES string of the molecule is CC(C)N(C(=O)C1CCCCC1)c1cc2c(cc1C(=O)O)oc1ccc([N+](=O)[O-])cc12.COC(=O)c1cc2oc3ccc([N+](=O)[O-])cc3c2cc1NC(C)C.COC(=O)c1cc2oc3ccccc3c2cc1NC(C)C. The number of anilines is 3. The van der Waals surface area contributed by atoms with Crippen LogP contribution in [0, 0.1) is 26.1 Å². The van der Waals surface area contributed by atoms with E-state index in [1.807, 2.05) is 71.9 Å². The van der Waals surface area contributed by atoms with E-state index in [0.717, 1.165) is 54.1 Å². The number of aromatic carboxylic acids is 1. The summed E-state index contributed by atoms with van der Waals surface area (Å²) in [4.78, 5) is 72.3. The van der Waals surface area contributed by atoms with Crippen molar-refractivity contribution in [2.45, 2.75) is 91.8 Å². The lowest BCUT2D eigenvalue weighted by atomic mass is 9.87. The van der Waals surface area contributed by atoms with Crippen LogP contribution in [0.2, 0.25) is 0 Å². The van der Waals surface area contributed by atoms with E-state index in [1.54, 1.807) is 35.2 Å². The standard InChI is InChI=1S/C23H24N2O6.C17H16N2O5.C17H17NO3/c1-13(2)24(22(26)14-6-4-3-5-7-14)19-11-17-16-10-15(25(29)30)8-9-20(16)31-21(17)12-18(19)23(27)28;1-9(2)18-14-7-12-11-6-10(19(21)22)4-5-15(11)24-16(12)8-13(14)17(20)23-3;1-10(2)18-14-8-12-11-6-4-5-7-15(11)21-16(12)9-13(14)17(19)20-3/h8-14H,3-7H2,1-2H3,(H,27,28);4-9,18H,1-3H3;4-10,18H,1-3H3. The minimum Gasteiger partial charge on any atom is -0.478 e. The highest BCUT2D eigenvalue weighted by Crippen LogP contribution is 2.40. The molecule has 0 atom stereocenters. The Morgan fingerprint density at radius 1 is 0.566 bits per heavy atom. The highest BCUT2D eigenvalue weighted by Gasteiger charge is 2.32. The van der Waals surface area contributed by atoms with Gasteiger partial charge in [-0.25, -0.2) is 14.4 Å². The molecule has 1 aliphatic rings. The lowest BCUT2D eigenvalue weighted by molar-refractivity contribution is -0.384. The maximum Gasteiger partial charge on any atom is 0.340 e. The molecule has 0 bridgehead atoms. The molecule has 3 N–H and O–H groups in total. The van der Waals surface area contributed by atoms with Crippen molar-refractivity contribution in [1.29, 1.82) is 0 Å². The normalized spacial score (nSPS) is 12.7. The molecule has 3 aromatic heterocycles. The first-order valence-corrected chi connectivity index (χ1v) is 24.8. The van der Waals surface area contributed by atoms with Crippen molar-refractivity contribution in [3.63, 3.8) is 0 Å². The fourth-order valence-corrected chi connectivity index (χ4v) is 9.60. The summed E-state index contributed by atoms with van der Waals surface area (Å²) >= 11 is 0. The summed E-state index contributed by atoms with van der Waals surface area (Å²) in [6.07, 6.45) is 4.69. The Morgan fingerprint density at radius 2 is 0.987 bits per heavy atom. The van der Waals surface area contributed by atoms with E-state index in [0.29, 0.717) is 72.0 Å². The minimum absolute atomic E-state index is 0.0133. The third-order valence-electron chi connectivity index (χ3n) is 13.0. The summed E-state index contributed by atoms with van der Waals surface area (Å²) < 4.78 is 27.0. The molecule has 76 heavy (non-hydrogen) atoms. The van der Waals surface area contributed by atoms with Gasteiger partial charge in [0.2, 0.25) is 5.91 Å². The molecule has 19 heteroatoms. The monoisotopic (exact) mass is 1040 g/mol. The molecule has 19 nitrogen and oxygen atoms in total. The van der Waals surface area contributed by atoms with Crippen LogP contribution in [0.3, 0.4) is 0 Å². The van der Waals surface area contributed by atoms with Gasteiger partial charge in [0.1, 0.15) is 33.5 Å². The van der Waals surface area contributed by atoms with E-state index in [9.17, 15) is 44.5 Å². The number of fused-ring (bicyclic) bond motifs is 9. The van der Waals surface area contributed by atoms with Gasteiger partial charge >= 0.3 is 17.9 Å². The number of nitro benzene ring substituents is 2. The fraction of sp³-hybridized carbons (Fsp3) is 0.298. The first-order chi connectivity index (χ1) is 36.3. The highest BCUT2D eigenvalue weighted by molar-refractivity contribution is 6.14. The maximum atomic E-state index is 13.4. The topological polar surface area (TPSA) is 260 Å². The molecule has 1 aliphatic carbocycles. The van der Waals surface area contributed by atoms with Crippen molar-refractivity contribution in [3.05, 3.63) is 134 Å². The van der Waals surface area contributed by atoms with Gasteiger partial charge < -0.3 is 43.4 Å². The number of non-ortho nitro benzene ring substituents is 2. The average molecular weight is 1040 g/mol. The van der Waals surface area contributed by atoms with E-state index >= 15 is 0 Å². The van der Waals surface area contributed by atoms with Gasteiger partial charge in [-0.1, -0.05) is 37.5 Å². The number of furan rings is 3. The number of carbonyl (C=O) groups is 4. The molecular weight excluding hydrogens is 979 g/mol. The van der Waals surface area contributed by atoms with Gasteiger partial charge in [0.15, 0.2) is 0 Å². The summed E-state index contributed by atoms with van der Waals surface area (Å²) in [5, 5.41) is 43.0. The number of esters is 2. The lowest BCUT2D eigenvalue weighted by Crippen LogP contribution is -2.42. The number of carbonyl (C=O) groups excluding carboxylic acids is 3. The summed E-state index contributed by atoms with van der Waals surface area (Å²) in [6.45, 7) is 11.7. The average Bonchev–Trinajstić information content (AvgIpc) is 4.08. The first-order valence-electron chi connectivity index (χ1n) is 24.8. The summed E-state index contributed by atoms with van der Waals surface area (Å²) in [5.41, 5.74) is 5.58. The number of carboxylic acids is 1. The van der Waals surface area contributed by atoms with Crippen LogP contribution in [0.25, 0.3) is 65.8 Å². The van der Waals surface area contributed by atoms with Crippen LogP contribution in [-0.4, -0.2) is 71.1 Å². The molecule has 0 saturated heterocycles. The molecule has 10 rings (SSSR count). The van der Waals surface area contributed by atoms with Crippen molar-refractivity contribution in [2.75, 3.05) is 29.8 Å². The van der Waals surface area contributed by atoms with Crippen molar-refractivity contribution < 1.29 is 56.9 Å². The second kappa shape index (κ2) is 22.2. The van der Waals surface area contributed by atoms with Gasteiger partial charge in [-0.2, -0.15) is 0 Å². The summed E-state index contributed by atoms with van der Waals surface area (Å²) in [5.74, 6) is -2.22. The molecule has 0 spiro atoms. The smallest absolute Gasteiger partial charge is 0.340 e. The maximum absolute atomic E-state index is 13.4. The number of rotatable bonds is 12. The van der Waals surface area contributed by atoms with Crippen molar-refractivity contribution >= 4 is 118 Å². The molecule has 6 aromatic carbocycles. The van der Waals surface area contributed by atoms with Crippen LogP contribution in [-0.2, 0) is 14.3 Å². The number of methoxy groups -OCH3 is 2. The predicted octanol–water partition coefficient (Wildman–Crippen LogP) is 13.8. The number of ether oxygens (including phenoxy) is 2. The number of carboxylic acid groups (broad SMARTS) is 1. The third kappa shape index (κ3) is 10.9. The Kier molecular flexibility index (Phi) is 15.6. The fourth-order valence-electron chi connectivity index (χ4n) is 9.60. The number of amides is 1. The number of para-hydroxylation sites is 1. The van der Waals surface area contributed by atoms with Crippen LogP contribution >= 0.6 is 0 Å². The Hall–Kier alpha value is -9.00. The Morgan fingerprint density at radius 3 is 1.42 bits per heavy atom. The molecule has 0 radical (unpaired) electrons. The van der Waals surface area contributed by atoms with E-state index in [-0.39, 0.29) is 52.9 Å². The molecule has 0 aliphatic heterocycles. The van der Waals surface area contributed by atoms with Crippen molar-refractivity contribution in [2.24, 2.45) is 5.92 Å². The van der Waals surface area contributed by atoms with E-state index in [1.165, 1.54) is 50.6 Å². The molecule has 394 valence electrons. The molecule has 0 unspecified atom stereocenters. The Bertz CT molecular complexity index is 3730. The van der Waals surface area contributed by atoms with Gasteiger partial charge in [0.05, 0.1) is 46.4 Å². The zero-order chi connectivity index (χ0) is 54.7. The van der Waals surface area contributed by atoms with Crippen molar-refractivity contribution in [3.8, 4) is 0 Å². The van der Waals surface area contributed by atoms with Gasteiger partial charge in [-0.3, -0.25) is 25.0 Å². The van der Waals surface area contributed by atoms with E-state index < -0.39 is 21.8 Å². The largest absolute Gasteiger partial charge is 0.478 e. The highest BCUT2D eigenvalue weighted by atomic mass is 16.6. The number of hydrogen-bond donors (Lipinski definition) is 3. The quantitative estimate of drug-likeness (QED) is 0.0583. The molecule has 9 aromatic rings. The molecule has 1 amide bonds. The van der Waals surface area contributed by atoms with Gasteiger partial charge in [0.25, 0.3) is 11.4 Å². The number of nitrogens with one attached hydrogen (secondary N) is 2. The summed E-state index contributed by atoms with van der Waals surface area (Å²) in [7, 11) is 2.69. The van der Waals surface area contributed by atoms with Gasteiger partial charge in [0, 0.05) is 92.0 Å². The van der Waals surface area contributed by atoms with Crippen LogP contribution < -0.4 is 15.5 Å². The Balaban J connectivity index is 0.000000154. The lowest BCUT2D eigenvalue weighted by Gasteiger charge is -2.33. The third-order valence-corrected chi connectivity index (χ3v) is 13.0. The number of hydrogen-bond acceptors (Lipinski definition) is 15. The van der Waals surface area contributed by atoms with Crippen LogP contribution in [0.1, 0.15) is 105 Å². The second-order valence-corrected chi connectivity index (χ2v) is 19.4. The zero-order valence-corrected chi connectivity index (χ0v) is 43.2. The van der Waals surface area contributed by atoms with E-state index in [4.69, 9.17) is 22.7 Å². The minimum atomic E-state index is -1.16. The second-order valence-electron chi connectivity index (χ2n) is 19.4. The number of benzene rings is 6. The first kappa shape index (κ1) is 53.3. The van der Waals surface area contributed by atoms with Gasteiger partial charge in [-0.05, 0) is 109 Å². The van der Waals surface area contributed by atoms with Crippen molar-refractivity contribution in [1.82, 2.24) is 0 Å². The molecule has 3 heterocycles. The van der Waals surface area contributed by atoms with Crippen LogP contribution in [0.5, 0.6) is 0 Å². The summed E-state index contributed by atoms with van der Waals surface area (Å²) in [6, 6.07) is 26.6.